The van der Waals surface area contributed by atoms with Crippen LogP contribution in [0, 0.1) is 0 Å². The van der Waals surface area contributed by atoms with Crippen LogP contribution in [0.5, 0.6) is 0 Å². The molecule has 0 aliphatic carbocycles. The van der Waals surface area contributed by atoms with Gasteiger partial charge in [0.05, 0.1) is 0 Å². The Balaban J connectivity index is 3.71. The molecule has 0 aliphatic heterocycles. The minimum Gasteiger partial charge on any atom is -0.429 e. The van der Waals surface area contributed by atoms with Gasteiger partial charge in [-0.2, -0.15) is 0 Å². The molecule has 8 heavy (non-hydrogen) atoms. The Bertz CT molecular complexity index is 74.4. The second-order valence-corrected chi connectivity index (χ2v) is 5.16. The molecule has 1 nitrogen and oxygen atoms in total. The number of halogens is 4. The highest BCUT2D eigenvalue weighted by molar-refractivity contribution is 6.75. The maximum Gasteiger partial charge on any atom is 0.270 e. The second-order valence-electron chi connectivity index (χ2n) is 1.04. The van der Waals surface area contributed by atoms with Crippen LogP contribution in [0.2, 0.25) is 0 Å². The first kappa shape index (κ1) is 9.34. The molecule has 0 aromatic heterocycles. The first-order chi connectivity index (χ1) is 3.50. The third-order valence-corrected chi connectivity index (χ3v) is 3.42. The smallest absolute Gasteiger partial charge is 0.270 e. The summed E-state index contributed by atoms with van der Waals surface area (Å²) in [5.74, 6) is 0. The normalized spacial score (nSPS) is 12.8. The molecule has 0 rings (SSSR count). The average molecular weight is 212 g/mol. The van der Waals surface area contributed by atoms with E-state index in [1.54, 1.807) is 0 Å². The van der Waals surface area contributed by atoms with Crippen molar-refractivity contribution in [3.8, 4) is 0 Å². The number of hydrogen-bond donors (Lipinski definition) is 1. The zero-order valence-corrected chi connectivity index (χ0v) is 7.56. The molecule has 0 spiro atoms. The van der Waals surface area contributed by atoms with E-state index in [-0.39, 0.29) is 0 Å². The van der Waals surface area contributed by atoms with E-state index in [1.165, 1.54) is 0 Å². The van der Waals surface area contributed by atoms with E-state index in [1.807, 2.05) is 0 Å². The van der Waals surface area contributed by atoms with Crippen molar-refractivity contribution in [1.29, 1.82) is 0 Å². The molecule has 1 N–H and O–H groups in total. The highest BCUT2D eigenvalue weighted by Gasteiger charge is 2.32. The molecule has 48 valence electrons. The van der Waals surface area contributed by atoms with Gasteiger partial charge in [-0.15, -0.1) is 46.4 Å². The molecule has 0 heterocycles. The number of alkyl halides is 4. The van der Waals surface area contributed by atoms with Gasteiger partial charge in [-0.05, 0) is 0 Å². The molecule has 0 bridgehead atoms. The van der Waals surface area contributed by atoms with Crippen LogP contribution >= 0.6 is 46.4 Å². The molecular formula is C2H2Cl4OSi. The van der Waals surface area contributed by atoms with Crippen LogP contribution in [0.4, 0.5) is 0 Å². The van der Waals surface area contributed by atoms with E-state index in [0.717, 1.165) is 0 Å². The van der Waals surface area contributed by atoms with E-state index in [4.69, 9.17) is 51.2 Å². The van der Waals surface area contributed by atoms with Crippen molar-refractivity contribution in [3.05, 3.63) is 0 Å². The van der Waals surface area contributed by atoms with Crippen molar-refractivity contribution in [2.45, 2.75) is 8.79 Å². The molecule has 6 heteroatoms. The Hall–Kier alpha value is 1.34. The lowest BCUT2D eigenvalue weighted by molar-refractivity contribution is 0.593. The molecule has 0 aromatic rings. The van der Waals surface area contributed by atoms with Gasteiger partial charge in [0.1, 0.15) is 4.84 Å². The molecule has 0 saturated heterocycles. The molecular weight excluding hydrogens is 210 g/mol. The van der Waals surface area contributed by atoms with Gasteiger partial charge in [0.15, 0.2) is 3.96 Å². The topological polar surface area (TPSA) is 20.2 Å². The summed E-state index contributed by atoms with van der Waals surface area (Å²) in [7, 11) is -0.668. The van der Waals surface area contributed by atoms with Crippen LogP contribution in [0.25, 0.3) is 0 Å². The van der Waals surface area contributed by atoms with Gasteiger partial charge in [-0.25, -0.2) is 0 Å². The first-order valence-electron chi connectivity index (χ1n) is 1.58. The Labute approximate surface area is 69.8 Å². The van der Waals surface area contributed by atoms with Crippen molar-refractivity contribution >= 4 is 56.2 Å². The van der Waals surface area contributed by atoms with E-state index in [9.17, 15) is 0 Å². The number of hydrogen-bond acceptors (Lipinski definition) is 1. The Morgan fingerprint density at radius 1 is 1.38 bits per heavy atom. The quantitative estimate of drug-likeness (QED) is 0.543. The van der Waals surface area contributed by atoms with Crippen molar-refractivity contribution in [2.24, 2.45) is 0 Å². The molecule has 0 unspecified atom stereocenters. The van der Waals surface area contributed by atoms with E-state index < -0.39 is 18.6 Å². The summed E-state index contributed by atoms with van der Waals surface area (Å²) in [6.07, 6.45) is 0. The largest absolute Gasteiger partial charge is 0.429 e. The van der Waals surface area contributed by atoms with E-state index in [2.05, 4.69) is 0 Å². The fourth-order valence-electron chi connectivity index (χ4n) is 0.0488. The second kappa shape index (κ2) is 3.49. The summed E-state index contributed by atoms with van der Waals surface area (Å²) in [5, 5.41) is 0. The summed E-state index contributed by atoms with van der Waals surface area (Å²) in [6.45, 7) is 0. The summed E-state index contributed by atoms with van der Waals surface area (Å²) in [4.78, 5) is 7.41. The fraction of sp³-hybridized carbons (Fsp3) is 1.00. The van der Waals surface area contributed by atoms with E-state index >= 15 is 0 Å². The minimum atomic E-state index is -1.40. The standard InChI is InChI=1S/C2H2Cl4OSi/c3-1(4)2(5,6)8-7/h1,7H. The van der Waals surface area contributed by atoms with Gasteiger partial charge in [-0.1, -0.05) is 0 Å². The zero-order valence-electron chi connectivity index (χ0n) is 3.54. The van der Waals surface area contributed by atoms with Crippen molar-refractivity contribution in [2.75, 3.05) is 0 Å². The monoisotopic (exact) mass is 210 g/mol. The molecule has 0 aliphatic rings. The number of rotatable bonds is 2. The third kappa shape index (κ3) is 2.76. The maximum absolute atomic E-state index is 8.36. The van der Waals surface area contributed by atoms with Crippen LogP contribution < -0.4 is 0 Å². The van der Waals surface area contributed by atoms with Gasteiger partial charge in [0.2, 0.25) is 0 Å². The third-order valence-electron chi connectivity index (χ3n) is 0.423. The highest BCUT2D eigenvalue weighted by atomic mass is 35.5. The SMILES string of the molecule is O[Si]C(Cl)(Cl)C(Cl)Cl. The van der Waals surface area contributed by atoms with Crippen molar-refractivity contribution in [1.82, 2.24) is 0 Å². The van der Waals surface area contributed by atoms with Crippen LogP contribution in [0.3, 0.4) is 0 Å². The summed E-state index contributed by atoms with van der Waals surface area (Å²) >= 11 is 21.1. The lowest BCUT2D eigenvalue weighted by Crippen LogP contribution is -2.29. The average Bonchev–Trinajstić information content (AvgIpc) is 1.67. The zero-order chi connectivity index (χ0) is 6.78. The summed E-state index contributed by atoms with van der Waals surface area (Å²) in [6, 6.07) is 0. The minimum absolute atomic E-state index is 0.668. The predicted octanol–water partition coefficient (Wildman–Crippen LogP) is 1.53. The first-order valence-corrected chi connectivity index (χ1v) is 4.15. The van der Waals surface area contributed by atoms with E-state index in [0.29, 0.717) is 0 Å². The lowest BCUT2D eigenvalue weighted by atomic mass is 10.9. The van der Waals surface area contributed by atoms with Crippen LogP contribution in [-0.4, -0.2) is 23.4 Å². The summed E-state index contributed by atoms with van der Waals surface area (Å²) < 4.78 is -1.40. The molecule has 0 fully saturated rings. The lowest BCUT2D eigenvalue weighted by Gasteiger charge is -2.14. The maximum atomic E-state index is 8.36. The Morgan fingerprint density at radius 2 is 1.75 bits per heavy atom. The van der Waals surface area contributed by atoms with Gasteiger partial charge >= 0.3 is 0 Å². The van der Waals surface area contributed by atoms with Crippen molar-refractivity contribution in [3.63, 3.8) is 0 Å². The summed E-state index contributed by atoms with van der Waals surface area (Å²) in [5.41, 5.74) is 0. The van der Waals surface area contributed by atoms with Gasteiger partial charge in [0.25, 0.3) is 9.76 Å². The van der Waals surface area contributed by atoms with Crippen LogP contribution in [-0.2, 0) is 0 Å². The van der Waals surface area contributed by atoms with Crippen LogP contribution in [0.1, 0.15) is 0 Å². The molecule has 0 saturated carbocycles. The van der Waals surface area contributed by atoms with Gasteiger partial charge < -0.3 is 4.80 Å². The van der Waals surface area contributed by atoms with Gasteiger partial charge in [-0.3, -0.25) is 0 Å². The molecule has 0 aromatic carbocycles. The highest BCUT2D eigenvalue weighted by Crippen LogP contribution is 2.29. The molecule has 2 radical (unpaired) electrons. The van der Waals surface area contributed by atoms with Crippen molar-refractivity contribution < 1.29 is 4.80 Å². The van der Waals surface area contributed by atoms with Crippen LogP contribution in [0.15, 0.2) is 0 Å². The molecule has 0 atom stereocenters. The van der Waals surface area contributed by atoms with Gasteiger partial charge in [0, 0.05) is 0 Å². The Kier molecular flexibility index (Phi) is 4.08. The predicted molar refractivity (Wildman–Crippen MR) is 37.9 cm³/mol. The fourth-order valence-corrected chi connectivity index (χ4v) is 0.439. The molecule has 0 amide bonds. The Morgan fingerprint density at radius 3 is 1.75 bits per heavy atom.